The average molecular weight is 317 g/mol. The monoisotopic (exact) mass is 316 g/mol. The molecule has 0 bridgehead atoms. The number of benzene rings is 2. The molecule has 0 spiro atoms. The van der Waals surface area contributed by atoms with Crippen LogP contribution in [0, 0.1) is 0 Å². The molecule has 0 aliphatic carbocycles. The Balaban J connectivity index is 2.20. The summed E-state index contributed by atoms with van der Waals surface area (Å²) in [7, 11) is 0. The summed E-state index contributed by atoms with van der Waals surface area (Å²) in [5, 5.41) is 3.60. The van der Waals surface area contributed by atoms with E-state index in [1.165, 1.54) is 0 Å². The fourth-order valence-corrected chi connectivity index (χ4v) is 2.71. The minimum absolute atomic E-state index is 0.0159. The fraction of sp³-hybridized carbons (Fsp3) is 0.278. The predicted molar refractivity (Wildman–Crippen MR) is 91.0 cm³/mol. The van der Waals surface area contributed by atoms with E-state index in [2.05, 4.69) is 5.32 Å². The van der Waals surface area contributed by atoms with Gasteiger partial charge in [-0.25, -0.2) is 0 Å². The van der Waals surface area contributed by atoms with Crippen LogP contribution in [-0.2, 0) is 4.79 Å². The molecule has 0 saturated carbocycles. The summed E-state index contributed by atoms with van der Waals surface area (Å²) >= 11 is 6.33. The number of carbonyl (C=O) groups is 1. The third-order valence-corrected chi connectivity index (χ3v) is 3.92. The quantitative estimate of drug-likeness (QED) is 0.770. The lowest BCUT2D eigenvalue weighted by Crippen LogP contribution is -2.27. The molecule has 1 amide bonds. The summed E-state index contributed by atoms with van der Waals surface area (Å²) in [6.07, 6.45) is 1.16. The van der Waals surface area contributed by atoms with E-state index in [0.29, 0.717) is 24.5 Å². The molecule has 3 N–H and O–H groups in total. The van der Waals surface area contributed by atoms with Gasteiger partial charge < -0.3 is 11.1 Å². The molecule has 4 heteroatoms. The highest BCUT2D eigenvalue weighted by Gasteiger charge is 2.20. The zero-order chi connectivity index (χ0) is 15.8. The first kappa shape index (κ1) is 16.5. The topological polar surface area (TPSA) is 55.1 Å². The first-order chi connectivity index (χ1) is 10.7. The van der Waals surface area contributed by atoms with Gasteiger partial charge in [-0.3, -0.25) is 4.79 Å². The van der Waals surface area contributed by atoms with Crippen LogP contribution in [0.15, 0.2) is 54.6 Å². The molecule has 116 valence electrons. The minimum Gasteiger partial charge on any atom is -0.356 e. The standard InChI is InChI=1S/C18H21ClN2O/c19-17-10-5-4-9-15(17)16(14-7-2-1-3-8-14)13-18(22)21-12-6-11-20/h1-5,7-10,16H,6,11-13,20H2,(H,21,22)/t16-/m1/s1. The second kappa shape index (κ2) is 8.57. The lowest BCUT2D eigenvalue weighted by molar-refractivity contribution is -0.121. The van der Waals surface area contributed by atoms with Crippen LogP contribution in [0.5, 0.6) is 0 Å². The highest BCUT2D eigenvalue weighted by molar-refractivity contribution is 6.31. The van der Waals surface area contributed by atoms with Gasteiger partial charge >= 0.3 is 0 Å². The molecule has 0 radical (unpaired) electrons. The molecular formula is C18H21ClN2O. The van der Waals surface area contributed by atoms with E-state index in [1.807, 2.05) is 54.6 Å². The first-order valence-electron chi connectivity index (χ1n) is 7.48. The summed E-state index contributed by atoms with van der Waals surface area (Å²) in [5.41, 5.74) is 7.51. The van der Waals surface area contributed by atoms with Crippen LogP contribution in [0.4, 0.5) is 0 Å². The Labute approximate surface area is 136 Å². The van der Waals surface area contributed by atoms with Gasteiger partial charge in [-0.05, 0) is 30.2 Å². The molecule has 2 aromatic carbocycles. The summed E-state index contributed by atoms with van der Waals surface area (Å²) in [6.45, 7) is 1.19. The lowest BCUT2D eigenvalue weighted by Gasteiger charge is -2.19. The zero-order valence-corrected chi connectivity index (χ0v) is 13.2. The van der Waals surface area contributed by atoms with Crippen molar-refractivity contribution in [3.63, 3.8) is 0 Å². The Kier molecular flexibility index (Phi) is 6.44. The van der Waals surface area contributed by atoms with Gasteiger partial charge in [0.05, 0.1) is 0 Å². The SMILES string of the molecule is NCCCNC(=O)C[C@H](c1ccccc1)c1ccccc1Cl. The average Bonchev–Trinajstić information content (AvgIpc) is 2.54. The molecule has 1 atom stereocenters. The highest BCUT2D eigenvalue weighted by atomic mass is 35.5. The largest absolute Gasteiger partial charge is 0.356 e. The van der Waals surface area contributed by atoms with Crippen molar-refractivity contribution in [1.29, 1.82) is 0 Å². The number of halogens is 1. The van der Waals surface area contributed by atoms with Crippen LogP contribution < -0.4 is 11.1 Å². The van der Waals surface area contributed by atoms with E-state index in [4.69, 9.17) is 17.3 Å². The number of amides is 1. The van der Waals surface area contributed by atoms with Gasteiger partial charge in [-0.1, -0.05) is 60.1 Å². The van der Waals surface area contributed by atoms with E-state index in [9.17, 15) is 4.79 Å². The van der Waals surface area contributed by atoms with E-state index >= 15 is 0 Å². The van der Waals surface area contributed by atoms with Crippen molar-refractivity contribution in [3.8, 4) is 0 Å². The maximum Gasteiger partial charge on any atom is 0.220 e. The molecule has 2 aromatic rings. The van der Waals surface area contributed by atoms with E-state index < -0.39 is 0 Å². The van der Waals surface area contributed by atoms with Crippen LogP contribution in [0.2, 0.25) is 5.02 Å². The zero-order valence-electron chi connectivity index (χ0n) is 12.5. The minimum atomic E-state index is -0.0484. The first-order valence-corrected chi connectivity index (χ1v) is 7.86. The van der Waals surface area contributed by atoms with Crippen molar-refractivity contribution in [3.05, 3.63) is 70.7 Å². The maximum atomic E-state index is 12.2. The number of hydrogen-bond acceptors (Lipinski definition) is 2. The molecular weight excluding hydrogens is 296 g/mol. The molecule has 22 heavy (non-hydrogen) atoms. The molecule has 0 fully saturated rings. The van der Waals surface area contributed by atoms with E-state index in [0.717, 1.165) is 17.5 Å². The van der Waals surface area contributed by atoms with Crippen molar-refractivity contribution >= 4 is 17.5 Å². The van der Waals surface area contributed by atoms with Gasteiger partial charge in [-0.2, -0.15) is 0 Å². The number of hydrogen-bond donors (Lipinski definition) is 2. The molecule has 3 nitrogen and oxygen atoms in total. The van der Waals surface area contributed by atoms with Crippen molar-refractivity contribution in [2.24, 2.45) is 5.73 Å². The third-order valence-electron chi connectivity index (χ3n) is 3.58. The summed E-state index contributed by atoms with van der Waals surface area (Å²) in [4.78, 5) is 12.2. The molecule has 2 rings (SSSR count). The molecule has 0 aliphatic heterocycles. The van der Waals surface area contributed by atoms with Crippen molar-refractivity contribution in [2.45, 2.75) is 18.8 Å². The van der Waals surface area contributed by atoms with Crippen LogP contribution in [0.3, 0.4) is 0 Å². The molecule has 0 saturated heterocycles. The third kappa shape index (κ3) is 4.58. The van der Waals surface area contributed by atoms with Gasteiger partial charge in [0.1, 0.15) is 0 Å². The molecule has 0 heterocycles. The second-order valence-corrected chi connectivity index (χ2v) is 5.59. The van der Waals surface area contributed by atoms with E-state index in [1.54, 1.807) is 0 Å². The van der Waals surface area contributed by atoms with Crippen molar-refractivity contribution < 1.29 is 4.79 Å². The van der Waals surface area contributed by atoms with Crippen molar-refractivity contribution in [1.82, 2.24) is 5.32 Å². The molecule has 0 aliphatic rings. The summed E-state index contributed by atoms with van der Waals surface area (Å²) < 4.78 is 0. The predicted octanol–water partition coefficient (Wildman–Crippen LogP) is 3.33. The summed E-state index contributed by atoms with van der Waals surface area (Å²) in [6, 6.07) is 17.7. The summed E-state index contributed by atoms with van der Waals surface area (Å²) in [5.74, 6) is -0.0324. The second-order valence-electron chi connectivity index (χ2n) is 5.18. The Morgan fingerprint density at radius 2 is 1.77 bits per heavy atom. The Bertz CT molecular complexity index is 601. The van der Waals surface area contributed by atoms with Crippen LogP contribution >= 0.6 is 11.6 Å². The van der Waals surface area contributed by atoms with Gasteiger partial charge in [0.25, 0.3) is 0 Å². The smallest absolute Gasteiger partial charge is 0.220 e. The molecule has 0 aromatic heterocycles. The van der Waals surface area contributed by atoms with Gasteiger partial charge in [0, 0.05) is 23.9 Å². The van der Waals surface area contributed by atoms with Gasteiger partial charge in [0.2, 0.25) is 5.91 Å². The van der Waals surface area contributed by atoms with Gasteiger partial charge in [-0.15, -0.1) is 0 Å². The lowest BCUT2D eigenvalue weighted by atomic mass is 9.88. The maximum absolute atomic E-state index is 12.2. The number of nitrogens with one attached hydrogen (secondary N) is 1. The van der Waals surface area contributed by atoms with Crippen molar-refractivity contribution in [2.75, 3.05) is 13.1 Å². The van der Waals surface area contributed by atoms with Gasteiger partial charge in [0.15, 0.2) is 0 Å². The molecule has 0 unspecified atom stereocenters. The number of carbonyl (C=O) groups excluding carboxylic acids is 1. The normalized spacial score (nSPS) is 11.9. The number of rotatable bonds is 7. The highest BCUT2D eigenvalue weighted by Crippen LogP contribution is 2.32. The Morgan fingerprint density at radius 3 is 2.45 bits per heavy atom. The fourth-order valence-electron chi connectivity index (χ4n) is 2.44. The van der Waals surface area contributed by atoms with E-state index in [-0.39, 0.29) is 11.8 Å². The number of nitrogens with two attached hydrogens (primary N) is 1. The van der Waals surface area contributed by atoms with Crippen LogP contribution in [-0.4, -0.2) is 19.0 Å². The Hall–Kier alpha value is -1.84. The van der Waals surface area contributed by atoms with Crippen LogP contribution in [0.25, 0.3) is 0 Å². The Morgan fingerprint density at radius 1 is 1.09 bits per heavy atom. The van der Waals surface area contributed by atoms with Crippen LogP contribution in [0.1, 0.15) is 29.9 Å².